The Hall–Kier alpha value is -3.81. The molecule has 1 aliphatic rings. The van der Waals surface area contributed by atoms with Crippen molar-refractivity contribution in [3.8, 4) is 6.07 Å². The molecule has 0 unspecified atom stereocenters. The topological polar surface area (TPSA) is 126 Å². The maximum Gasteiger partial charge on any atom is 0.256 e. The minimum Gasteiger partial charge on any atom is -0.377 e. The number of rotatable bonds is 9. The van der Waals surface area contributed by atoms with Gasteiger partial charge in [0, 0.05) is 55.0 Å². The molecule has 1 atom stereocenters. The molecule has 1 amide bonds. The van der Waals surface area contributed by atoms with E-state index in [4.69, 9.17) is 16.3 Å². The first-order valence-corrected chi connectivity index (χ1v) is 12.7. The van der Waals surface area contributed by atoms with Gasteiger partial charge in [-0.05, 0) is 59.9 Å². The Morgan fingerprint density at radius 2 is 2.22 bits per heavy atom. The number of halogens is 1. The molecular weight excluding hydrogens is 492 g/mol. The Morgan fingerprint density at radius 1 is 1.32 bits per heavy atom. The highest BCUT2D eigenvalue weighted by Crippen LogP contribution is 2.31. The fraction of sp³-hybridized carbons (Fsp3) is 0.385. The lowest BCUT2D eigenvalue weighted by Gasteiger charge is -2.17. The fourth-order valence-electron chi connectivity index (χ4n) is 4.93. The van der Waals surface area contributed by atoms with Crippen LogP contribution in [-0.4, -0.2) is 60.7 Å². The van der Waals surface area contributed by atoms with Gasteiger partial charge in [-0.25, -0.2) is 10.1 Å². The van der Waals surface area contributed by atoms with E-state index in [1.165, 1.54) is 0 Å². The Labute approximate surface area is 219 Å². The number of tetrazole rings is 1. The van der Waals surface area contributed by atoms with Crippen molar-refractivity contribution in [2.75, 3.05) is 19.7 Å². The number of hydrogen-bond acceptors (Lipinski definition) is 7. The Kier molecular flexibility index (Phi) is 7.44. The summed E-state index contributed by atoms with van der Waals surface area (Å²) < 4.78 is 7.81. The maximum absolute atomic E-state index is 13.8. The van der Waals surface area contributed by atoms with Crippen LogP contribution in [0.2, 0.25) is 5.02 Å². The summed E-state index contributed by atoms with van der Waals surface area (Å²) in [6.07, 6.45) is 4.72. The molecular formula is C26H27ClN8O2. The van der Waals surface area contributed by atoms with Crippen molar-refractivity contribution in [2.45, 2.75) is 38.2 Å². The van der Waals surface area contributed by atoms with Gasteiger partial charge >= 0.3 is 0 Å². The molecule has 0 saturated carbocycles. The summed E-state index contributed by atoms with van der Waals surface area (Å²) in [4.78, 5) is 20.2. The number of aromatic amines is 1. The number of fused-ring (bicyclic) bond motifs is 1. The van der Waals surface area contributed by atoms with E-state index in [0.29, 0.717) is 65.7 Å². The number of aryl methyl sites for hydroxylation is 1. The number of nitrogens with zero attached hydrogens (tertiary/aromatic N) is 7. The van der Waals surface area contributed by atoms with E-state index in [-0.39, 0.29) is 11.8 Å². The molecule has 0 spiro atoms. The summed E-state index contributed by atoms with van der Waals surface area (Å²) >= 11 is 6.04. The smallest absolute Gasteiger partial charge is 0.256 e. The standard InChI is InChI=1S/C26H27ClN8O2/c1-34-22(7-2-3-10-37-16-17-5-4-6-20(27)11-17)23(21-12-18(13-28)14-29-25(21)34)26(36)35-9-8-19(15-35)24-30-32-33-31-24/h4-6,11-12,14,19H,2-3,7-10,15-16H2,1H3,(H,30,31,32,33)/t19-/m0/s1. The summed E-state index contributed by atoms with van der Waals surface area (Å²) in [5, 5.41) is 25.0. The quantitative estimate of drug-likeness (QED) is 0.334. The Bertz CT molecular complexity index is 1440. The van der Waals surface area contributed by atoms with E-state index in [0.717, 1.165) is 30.5 Å². The molecule has 3 aromatic heterocycles. The molecule has 11 heteroatoms. The molecule has 0 aliphatic carbocycles. The van der Waals surface area contributed by atoms with Crippen molar-refractivity contribution in [1.82, 2.24) is 35.1 Å². The maximum atomic E-state index is 13.8. The van der Waals surface area contributed by atoms with E-state index in [1.54, 1.807) is 12.3 Å². The van der Waals surface area contributed by atoms with Crippen LogP contribution in [0.3, 0.4) is 0 Å². The zero-order chi connectivity index (χ0) is 25.8. The van der Waals surface area contributed by atoms with Crippen LogP contribution in [0.25, 0.3) is 11.0 Å². The molecule has 1 aliphatic heterocycles. The molecule has 1 saturated heterocycles. The Balaban J connectivity index is 1.30. The molecule has 1 N–H and O–H groups in total. The van der Waals surface area contributed by atoms with Crippen molar-refractivity contribution in [3.05, 3.63) is 69.8 Å². The third kappa shape index (κ3) is 5.33. The highest BCUT2D eigenvalue weighted by molar-refractivity contribution is 6.30. The average Bonchev–Trinajstić information content (AvgIpc) is 3.66. The van der Waals surface area contributed by atoms with Crippen LogP contribution in [-0.2, 0) is 24.8 Å². The lowest BCUT2D eigenvalue weighted by atomic mass is 10.1. The summed E-state index contributed by atoms with van der Waals surface area (Å²) in [6, 6.07) is 11.6. The number of H-pyrrole nitrogens is 1. The summed E-state index contributed by atoms with van der Waals surface area (Å²) in [7, 11) is 1.93. The number of hydrogen-bond donors (Lipinski definition) is 1. The number of likely N-dealkylation sites (tertiary alicyclic amines) is 1. The van der Waals surface area contributed by atoms with Gasteiger partial charge in [-0.2, -0.15) is 5.26 Å². The second kappa shape index (κ2) is 11.1. The predicted octanol–water partition coefficient (Wildman–Crippen LogP) is 3.78. The molecule has 10 nitrogen and oxygen atoms in total. The van der Waals surface area contributed by atoms with Crippen molar-refractivity contribution in [2.24, 2.45) is 7.05 Å². The second-order valence-electron chi connectivity index (χ2n) is 9.25. The van der Waals surface area contributed by atoms with Crippen LogP contribution in [0.4, 0.5) is 0 Å². The van der Waals surface area contributed by atoms with Crippen LogP contribution in [0.1, 0.15) is 58.2 Å². The number of pyridine rings is 1. The van der Waals surface area contributed by atoms with Crippen LogP contribution < -0.4 is 0 Å². The lowest BCUT2D eigenvalue weighted by molar-refractivity contribution is 0.0791. The minimum absolute atomic E-state index is 0.0512. The van der Waals surface area contributed by atoms with Crippen LogP contribution in [0.15, 0.2) is 36.5 Å². The largest absolute Gasteiger partial charge is 0.377 e. The molecule has 190 valence electrons. The van der Waals surface area contributed by atoms with Gasteiger partial charge in [-0.15, -0.1) is 5.10 Å². The van der Waals surface area contributed by atoms with Crippen molar-refractivity contribution in [1.29, 1.82) is 5.26 Å². The normalized spacial score (nSPS) is 15.4. The van der Waals surface area contributed by atoms with E-state index >= 15 is 0 Å². The first-order valence-electron chi connectivity index (χ1n) is 12.3. The third-order valence-corrected chi connectivity index (χ3v) is 7.06. The fourth-order valence-corrected chi connectivity index (χ4v) is 5.14. The van der Waals surface area contributed by atoms with Crippen LogP contribution in [0, 0.1) is 11.3 Å². The number of benzene rings is 1. The number of carbonyl (C=O) groups excluding carboxylic acids is 1. The SMILES string of the molecule is Cn1c(CCCCOCc2cccc(Cl)c2)c(C(=O)N2CC[C@H](c3nnn[nH]3)C2)c2cc(C#N)cnc21. The first-order chi connectivity index (χ1) is 18.0. The van der Waals surface area contributed by atoms with Gasteiger partial charge in [0.15, 0.2) is 5.82 Å². The first kappa shape index (κ1) is 24.9. The van der Waals surface area contributed by atoms with Gasteiger partial charge in [-0.1, -0.05) is 23.7 Å². The molecule has 4 aromatic rings. The second-order valence-corrected chi connectivity index (χ2v) is 9.69. The van der Waals surface area contributed by atoms with E-state index in [9.17, 15) is 10.1 Å². The van der Waals surface area contributed by atoms with Gasteiger partial charge < -0.3 is 14.2 Å². The minimum atomic E-state index is -0.0512. The molecule has 4 heterocycles. The number of ether oxygens (including phenoxy) is 1. The molecule has 5 rings (SSSR count). The number of nitriles is 1. The van der Waals surface area contributed by atoms with Gasteiger partial charge in [0.2, 0.25) is 0 Å². The van der Waals surface area contributed by atoms with Gasteiger partial charge in [-0.3, -0.25) is 4.79 Å². The van der Waals surface area contributed by atoms with Crippen molar-refractivity contribution >= 4 is 28.5 Å². The molecule has 1 aromatic carbocycles. The zero-order valence-electron chi connectivity index (χ0n) is 20.5. The highest BCUT2D eigenvalue weighted by Gasteiger charge is 2.33. The average molecular weight is 519 g/mol. The number of unbranched alkanes of at least 4 members (excludes halogenated alkanes) is 1. The molecule has 0 bridgehead atoms. The molecule has 0 radical (unpaired) electrons. The van der Waals surface area contributed by atoms with E-state index < -0.39 is 0 Å². The highest BCUT2D eigenvalue weighted by atomic mass is 35.5. The van der Waals surface area contributed by atoms with Crippen LogP contribution >= 0.6 is 11.6 Å². The number of carbonyl (C=O) groups is 1. The van der Waals surface area contributed by atoms with Crippen LogP contribution in [0.5, 0.6) is 0 Å². The van der Waals surface area contributed by atoms with Gasteiger partial charge in [0.1, 0.15) is 11.7 Å². The van der Waals surface area contributed by atoms with E-state index in [1.807, 2.05) is 40.8 Å². The predicted molar refractivity (Wildman–Crippen MR) is 137 cm³/mol. The Morgan fingerprint density at radius 3 is 3.00 bits per heavy atom. The summed E-state index contributed by atoms with van der Waals surface area (Å²) in [5.41, 5.74) is 3.71. The summed E-state index contributed by atoms with van der Waals surface area (Å²) in [5.74, 6) is 0.714. The van der Waals surface area contributed by atoms with E-state index in [2.05, 4.69) is 31.7 Å². The van der Waals surface area contributed by atoms with Gasteiger partial charge in [0.05, 0.1) is 17.7 Å². The lowest BCUT2D eigenvalue weighted by Crippen LogP contribution is -2.29. The van der Waals surface area contributed by atoms with Crippen molar-refractivity contribution < 1.29 is 9.53 Å². The summed E-state index contributed by atoms with van der Waals surface area (Å²) in [6.45, 7) is 2.27. The molecule has 1 fully saturated rings. The van der Waals surface area contributed by atoms with Gasteiger partial charge in [0.25, 0.3) is 5.91 Å². The monoisotopic (exact) mass is 518 g/mol. The number of aromatic nitrogens is 6. The number of amides is 1. The third-order valence-electron chi connectivity index (χ3n) is 6.82. The van der Waals surface area contributed by atoms with Crippen molar-refractivity contribution in [3.63, 3.8) is 0 Å². The number of nitrogens with one attached hydrogen (secondary N) is 1. The zero-order valence-corrected chi connectivity index (χ0v) is 21.3. The molecule has 37 heavy (non-hydrogen) atoms.